The number of thiophene rings is 1. The maximum Gasteiger partial charge on any atom is 0.348 e. The number of hydrogen-bond donors (Lipinski definition) is 1. The fourth-order valence-electron chi connectivity index (χ4n) is 6.31. The Morgan fingerprint density at radius 3 is 2.40 bits per heavy atom. The van der Waals surface area contributed by atoms with Gasteiger partial charge in [0.25, 0.3) is 0 Å². The number of amides is 1. The third-order valence-corrected chi connectivity index (χ3v) is 10.6. The molecule has 8 heteroatoms. The van der Waals surface area contributed by atoms with Gasteiger partial charge in [-0.25, -0.2) is 4.79 Å². The molecule has 40 heavy (non-hydrogen) atoms. The van der Waals surface area contributed by atoms with E-state index in [-0.39, 0.29) is 34.3 Å². The van der Waals surface area contributed by atoms with Crippen LogP contribution in [-0.2, 0) is 16.8 Å². The number of hydrogen-bond acceptors (Lipinski definition) is 6. The van der Waals surface area contributed by atoms with Crippen LogP contribution < -0.4 is 9.64 Å². The molecule has 1 aliphatic heterocycles. The van der Waals surface area contributed by atoms with Crippen LogP contribution in [0, 0.1) is 11.8 Å². The molecule has 2 aliphatic carbocycles. The van der Waals surface area contributed by atoms with Crippen LogP contribution in [0.3, 0.4) is 0 Å². The number of carbonyl (C=O) groups is 2. The number of anilines is 1. The first-order valence-electron chi connectivity index (χ1n) is 15.1. The van der Waals surface area contributed by atoms with Crippen molar-refractivity contribution in [2.45, 2.75) is 110 Å². The number of aromatic nitrogens is 1. The molecule has 2 aromatic heterocycles. The first kappa shape index (κ1) is 29.1. The van der Waals surface area contributed by atoms with E-state index < -0.39 is 5.97 Å². The fraction of sp³-hybridized carbons (Fsp3) is 0.656. The zero-order chi connectivity index (χ0) is 28.4. The molecule has 1 N–H and O–H groups in total. The summed E-state index contributed by atoms with van der Waals surface area (Å²) in [7, 11) is 0. The first-order valence-corrected chi connectivity index (χ1v) is 15.9. The van der Waals surface area contributed by atoms with E-state index in [1.807, 2.05) is 23.4 Å². The first-order chi connectivity index (χ1) is 19.1. The maximum absolute atomic E-state index is 14.2. The second-order valence-electron chi connectivity index (χ2n) is 13.2. The molecule has 2 saturated carbocycles. The van der Waals surface area contributed by atoms with Crippen molar-refractivity contribution in [3.8, 4) is 5.75 Å². The summed E-state index contributed by atoms with van der Waals surface area (Å²) in [6.07, 6.45) is 12.1. The Labute approximate surface area is 242 Å². The van der Waals surface area contributed by atoms with Crippen molar-refractivity contribution in [1.82, 2.24) is 9.88 Å². The minimum Gasteiger partial charge on any atom is -0.488 e. The van der Waals surface area contributed by atoms with Crippen molar-refractivity contribution >= 4 is 28.9 Å². The SMILES string of the molecule is CC1CCC(C(=O)N(c2cc(C(C)(C)C)sc2C(=O)O)C2CCC(Oc3cnccc3CN3CCC3)CC2)CC1. The zero-order valence-electron chi connectivity index (χ0n) is 24.5. The van der Waals surface area contributed by atoms with Gasteiger partial charge in [0.15, 0.2) is 0 Å². The molecule has 218 valence electrons. The molecule has 5 rings (SSSR count). The second kappa shape index (κ2) is 12.2. The van der Waals surface area contributed by atoms with Crippen LogP contribution in [0.2, 0.25) is 0 Å². The minimum atomic E-state index is -0.950. The van der Waals surface area contributed by atoms with E-state index in [2.05, 4.69) is 43.6 Å². The number of carbonyl (C=O) groups excluding carboxylic acids is 1. The predicted molar refractivity (Wildman–Crippen MR) is 159 cm³/mol. The number of nitrogens with zero attached hydrogens (tertiary/aromatic N) is 3. The van der Waals surface area contributed by atoms with Gasteiger partial charge in [0, 0.05) is 35.1 Å². The van der Waals surface area contributed by atoms with Crippen LogP contribution in [0.25, 0.3) is 0 Å². The summed E-state index contributed by atoms with van der Waals surface area (Å²) < 4.78 is 6.50. The van der Waals surface area contributed by atoms with Crippen LogP contribution in [0.15, 0.2) is 24.5 Å². The van der Waals surface area contributed by atoms with E-state index in [1.54, 1.807) is 0 Å². The van der Waals surface area contributed by atoms with Crippen molar-refractivity contribution in [2.24, 2.45) is 11.8 Å². The van der Waals surface area contributed by atoms with Crippen LogP contribution in [-0.4, -0.2) is 52.1 Å². The molecule has 0 spiro atoms. The van der Waals surface area contributed by atoms with E-state index >= 15 is 0 Å². The van der Waals surface area contributed by atoms with Crippen molar-refractivity contribution in [3.63, 3.8) is 0 Å². The fourth-order valence-corrected chi connectivity index (χ4v) is 7.36. The van der Waals surface area contributed by atoms with E-state index in [9.17, 15) is 14.7 Å². The second-order valence-corrected chi connectivity index (χ2v) is 14.3. The van der Waals surface area contributed by atoms with Gasteiger partial charge in [-0.2, -0.15) is 0 Å². The van der Waals surface area contributed by atoms with E-state index in [4.69, 9.17) is 4.74 Å². The van der Waals surface area contributed by atoms with Gasteiger partial charge >= 0.3 is 5.97 Å². The van der Waals surface area contributed by atoms with Crippen LogP contribution in [0.1, 0.15) is 106 Å². The highest BCUT2D eigenvalue weighted by Gasteiger charge is 2.38. The summed E-state index contributed by atoms with van der Waals surface area (Å²) in [5.41, 5.74) is 1.59. The molecule has 0 unspecified atom stereocenters. The largest absolute Gasteiger partial charge is 0.488 e. The lowest BCUT2D eigenvalue weighted by Gasteiger charge is -2.39. The lowest BCUT2D eigenvalue weighted by molar-refractivity contribution is -0.124. The van der Waals surface area contributed by atoms with Gasteiger partial charge in [0.2, 0.25) is 5.91 Å². The Bertz CT molecular complexity index is 1190. The molecule has 7 nitrogen and oxygen atoms in total. The average molecular weight is 568 g/mol. The van der Waals surface area contributed by atoms with E-state index in [1.165, 1.54) is 23.3 Å². The van der Waals surface area contributed by atoms with Crippen LogP contribution in [0.4, 0.5) is 5.69 Å². The molecule has 0 atom stereocenters. The number of carboxylic acid groups (broad SMARTS) is 1. The number of ether oxygens (including phenoxy) is 1. The maximum atomic E-state index is 14.2. The molecule has 0 radical (unpaired) electrons. The van der Waals surface area contributed by atoms with Gasteiger partial charge in [-0.05, 0) is 94.3 Å². The molecule has 3 fully saturated rings. The Kier molecular flexibility index (Phi) is 8.86. The highest BCUT2D eigenvalue weighted by atomic mass is 32.1. The van der Waals surface area contributed by atoms with Crippen LogP contribution >= 0.6 is 11.3 Å². The predicted octanol–water partition coefficient (Wildman–Crippen LogP) is 6.89. The highest BCUT2D eigenvalue weighted by molar-refractivity contribution is 7.14. The Balaban J connectivity index is 1.35. The lowest BCUT2D eigenvalue weighted by atomic mass is 9.81. The van der Waals surface area contributed by atoms with E-state index in [0.29, 0.717) is 11.6 Å². The van der Waals surface area contributed by atoms with Crippen molar-refractivity contribution < 1.29 is 19.4 Å². The normalized spacial score (nSPS) is 25.7. The third kappa shape index (κ3) is 6.54. The highest BCUT2D eigenvalue weighted by Crippen LogP contribution is 2.42. The van der Waals surface area contributed by atoms with Gasteiger partial charge in [-0.15, -0.1) is 11.3 Å². The standard InChI is InChI=1S/C32H45N3O4S/c1-21-6-8-22(9-7-21)30(36)35(26-18-28(32(2,3)4)40-29(26)31(37)38)24-10-12-25(13-11-24)39-27-19-33-15-14-23(27)20-34-16-5-17-34/h14-15,18-19,21-22,24-25H,5-13,16-17,20H2,1-4H3,(H,37,38). The van der Waals surface area contributed by atoms with Gasteiger partial charge < -0.3 is 14.7 Å². The number of rotatable bonds is 8. The number of carboxylic acids is 1. The number of pyridine rings is 1. The minimum absolute atomic E-state index is 0.0262. The van der Waals surface area contributed by atoms with Gasteiger partial charge in [-0.1, -0.05) is 27.7 Å². The summed E-state index contributed by atoms with van der Waals surface area (Å²) in [4.78, 5) is 36.5. The summed E-state index contributed by atoms with van der Waals surface area (Å²) >= 11 is 1.32. The molecule has 1 saturated heterocycles. The molecular formula is C32H45N3O4S. The van der Waals surface area contributed by atoms with E-state index in [0.717, 1.165) is 81.6 Å². The molecule has 2 aromatic rings. The molecule has 3 heterocycles. The van der Waals surface area contributed by atoms with Gasteiger partial charge in [0.1, 0.15) is 10.6 Å². The molecule has 3 aliphatic rings. The average Bonchev–Trinajstić information content (AvgIpc) is 3.35. The Morgan fingerprint density at radius 2 is 1.80 bits per heavy atom. The summed E-state index contributed by atoms with van der Waals surface area (Å²) in [5, 5.41) is 10.2. The quantitative estimate of drug-likeness (QED) is 0.374. The summed E-state index contributed by atoms with van der Waals surface area (Å²) in [5.74, 6) is 0.633. The molecule has 0 aromatic carbocycles. The van der Waals surface area contributed by atoms with Gasteiger partial charge in [0.05, 0.1) is 18.0 Å². The summed E-state index contributed by atoms with van der Waals surface area (Å²) in [6.45, 7) is 11.7. The van der Waals surface area contributed by atoms with Crippen molar-refractivity contribution in [1.29, 1.82) is 0 Å². The molecule has 0 bridgehead atoms. The third-order valence-electron chi connectivity index (χ3n) is 9.02. The smallest absolute Gasteiger partial charge is 0.348 e. The Hall–Kier alpha value is -2.45. The van der Waals surface area contributed by atoms with Crippen LogP contribution in [0.5, 0.6) is 5.75 Å². The number of likely N-dealkylation sites (tertiary alicyclic amines) is 1. The van der Waals surface area contributed by atoms with Crippen molar-refractivity contribution in [3.05, 3.63) is 39.8 Å². The molecule has 1 amide bonds. The molecular weight excluding hydrogens is 522 g/mol. The topological polar surface area (TPSA) is 83.0 Å². The Morgan fingerprint density at radius 1 is 1.10 bits per heavy atom. The monoisotopic (exact) mass is 567 g/mol. The lowest BCUT2D eigenvalue weighted by Crippen LogP contribution is -2.47. The zero-order valence-corrected chi connectivity index (χ0v) is 25.3. The van der Waals surface area contributed by atoms with Gasteiger partial charge in [-0.3, -0.25) is 14.7 Å². The van der Waals surface area contributed by atoms with Crippen molar-refractivity contribution in [2.75, 3.05) is 18.0 Å². The summed E-state index contributed by atoms with van der Waals surface area (Å²) in [6, 6.07) is 4.01. The number of aromatic carboxylic acids is 1.